The van der Waals surface area contributed by atoms with E-state index in [2.05, 4.69) is 10.2 Å². The highest BCUT2D eigenvalue weighted by Crippen LogP contribution is 2.38. The Morgan fingerprint density at radius 3 is 2.86 bits per heavy atom. The van der Waals surface area contributed by atoms with Gasteiger partial charge < -0.3 is 15.8 Å². The highest BCUT2D eigenvalue weighted by atomic mass is 35.5. The second kappa shape index (κ2) is 7.97. The first-order valence-electron chi connectivity index (χ1n) is 9.52. The largest absolute Gasteiger partial charge is 0.492 e. The third-order valence-electron chi connectivity index (χ3n) is 5.43. The number of nitrogens with one attached hydrogen (secondary N) is 1. The number of carbonyl (C=O) groups excluding carboxylic acids is 1. The second-order valence-electron chi connectivity index (χ2n) is 7.38. The summed E-state index contributed by atoms with van der Waals surface area (Å²) in [5, 5.41) is 3.49. The number of likely N-dealkylation sites (tertiary alicyclic amines) is 1. The quantitative estimate of drug-likeness (QED) is 0.768. The lowest BCUT2D eigenvalue weighted by atomic mass is 10.0. The van der Waals surface area contributed by atoms with E-state index in [-0.39, 0.29) is 17.8 Å². The van der Waals surface area contributed by atoms with Crippen LogP contribution < -0.4 is 15.8 Å². The topological polar surface area (TPSA) is 67.6 Å². The average Bonchev–Trinajstić information content (AvgIpc) is 3.16. The van der Waals surface area contributed by atoms with Gasteiger partial charge in [0.05, 0.1) is 22.9 Å². The van der Waals surface area contributed by atoms with E-state index in [0.717, 1.165) is 37.1 Å². The number of anilines is 1. The summed E-state index contributed by atoms with van der Waals surface area (Å²) in [5.74, 6) is 0.170. The summed E-state index contributed by atoms with van der Waals surface area (Å²) in [6.45, 7) is 2.92. The predicted octanol–water partition coefficient (Wildman–Crippen LogP) is 3.39. The van der Waals surface area contributed by atoms with Gasteiger partial charge in [0, 0.05) is 37.7 Å². The molecule has 5 nitrogen and oxygen atoms in total. The Kier molecular flexibility index (Phi) is 5.42. The maximum atomic E-state index is 13.3. The van der Waals surface area contributed by atoms with Gasteiger partial charge in [-0.1, -0.05) is 23.7 Å². The highest BCUT2D eigenvalue weighted by Gasteiger charge is 2.27. The molecule has 0 radical (unpaired) electrons. The molecule has 3 N–H and O–H groups in total. The molecule has 2 aliphatic heterocycles. The third-order valence-corrected chi connectivity index (χ3v) is 5.75. The van der Waals surface area contributed by atoms with Gasteiger partial charge in [-0.05, 0) is 36.6 Å². The van der Waals surface area contributed by atoms with Crippen molar-refractivity contribution in [1.82, 2.24) is 10.2 Å². The van der Waals surface area contributed by atoms with Crippen LogP contribution in [0.4, 0.5) is 10.1 Å². The van der Waals surface area contributed by atoms with Crippen LogP contribution in [0.5, 0.6) is 5.75 Å². The summed E-state index contributed by atoms with van der Waals surface area (Å²) in [6.07, 6.45) is 2.35. The number of amides is 1. The van der Waals surface area contributed by atoms with Crippen molar-refractivity contribution in [2.75, 3.05) is 25.4 Å². The molecule has 4 rings (SSSR count). The molecule has 148 valence electrons. The van der Waals surface area contributed by atoms with Crippen LogP contribution in [-0.4, -0.2) is 36.5 Å². The van der Waals surface area contributed by atoms with E-state index in [9.17, 15) is 9.18 Å². The Morgan fingerprint density at radius 1 is 1.32 bits per heavy atom. The molecule has 1 fully saturated rings. The number of halogens is 2. The van der Waals surface area contributed by atoms with Gasteiger partial charge in [-0.25, -0.2) is 4.39 Å². The molecular formula is C21H23ClFN3O2. The van der Waals surface area contributed by atoms with Crippen molar-refractivity contribution >= 4 is 23.2 Å². The Bertz CT molecular complexity index is 897. The molecule has 0 atom stereocenters. The zero-order valence-electron chi connectivity index (χ0n) is 15.5. The summed E-state index contributed by atoms with van der Waals surface area (Å²) in [4.78, 5) is 15.1. The maximum absolute atomic E-state index is 13.3. The van der Waals surface area contributed by atoms with Crippen LogP contribution >= 0.6 is 11.6 Å². The van der Waals surface area contributed by atoms with Crippen LogP contribution in [0.25, 0.3) is 0 Å². The molecule has 0 aliphatic carbocycles. The Hall–Kier alpha value is -2.31. The van der Waals surface area contributed by atoms with Gasteiger partial charge in [-0.15, -0.1) is 0 Å². The van der Waals surface area contributed by atoms with E-state index in [1.165, 1.54) is 6.07 Å². The van der Waals surface area contributed by atoms with Crippen molar-refractivity contribution in [3.05, 3.63) is 57.9 Å². The molecule has 28 heavy (non-hydrogen) atoms. The standard InChI is InChI=1S/C21H23ClFN3O2/c22-18-11-17(20-16(19(18)24)6-9-28-20)21(27)25-15-4-7-26(8-5-15)12-13-2-1-3-14(23)10-13/h1-3,10-11,15H,4-9,12,24H2,(H,25,27). The first-order valence-corrected chi connectivity index (χ1v) is 9.90. The van der Waals surface area contributed by atoms with Gasteiger partial charge in [0.1, 0.15) is 11.6 Å². The first-order chi connectivity index (χ1) is 13.5. The molecular weight excluding hydrogens is 381 g/mol. The molecule has 7 heteroatoms. The van der Waals surface area contributed by atoms with E-state index >= 15 is 0 Å². The average molecular weight is 404 g/mol. The van der Waals surface area contributed by atoms with E-state index in [1.807, 2.05) is 6.07 Å². The summed E-state index contributed by atoms with van der Waals surface area (Å²) >= 11 is 6.20. The number of fused-ring (bicyclic) bond motifs is 1. The summed E-state index contributed by atoms with van der Waals surface area (Å²) in [6, 6.07) is 8.37. The van der Waals surface area contributed by atoms with Crippen LogP contribution in [0.1, 0.15) is 34.3 Å². The zero-order chi connectivity index (χ0) is 19.7. The van der Waals surface area contributed by atoms with E-state index in [0.29, 0.717) is 41.6 Å². The molecule has 1 amide bonds. The van der Waals surface area contributed by atoms with Gasteiger partial charge in [-0.3, -0.25) is 9.69 Å². The van der Waals surface area contributed by atoms with Crippen LogP contribution in [0.15, 0.2) is 30.3 Å². The van der Waals surface area contributed by atoms with Crippen molar-refractivity contribution in [1.29, 1.82) is 0 Å². The van der Waals surface area contributed by atoms with Crippen molar-refractivity contribution < 1.29 is 13.9 Å². The Labute approximate surface area is 168 Å². The number of hydrogen-bond acceptors (Lipinski definition) is 4. The number of piperidine rings is 1. The Morgan fingerprint density at radius 2 is 2.11 bits per heavy atom. The molecule has 0 unspecified atom stereocenters. The smallest absolute Gasteiger partial charge is 0.255 e. The molecule has 0 bridgehead atoms. The third kappa shape index (κ3) is 3.93. The zero-order valence-corrected chi connectivity index (χ0v) is 16.3. The van der Waals surface area contributed by atoms with Crippen LogP contribution in [0, 0.1) is 5.82 Å². The van der Waals surface area contributed by atoms with Gasteiger partial charge in [0.25, 0.3) is 5.91 Å². The molecule has 0 spiro atoms. The number of nitrogens with two attached hydrogens (primary N) is 1. The minimum atomic E-state index is -0.212. The fourth-order valence-corrected chi connectivity index (χ4v) is 4.15. The molecule has 2 aliphatic rings. The molecule has 2 heterocycles. The lowest BCUT2D eigenvalue weighted by Gasteiger charge is -2.32. The van der Waals surface area contributed by atoms with Crippen molar-refractivity contribution in [3.63, 3.8) is 0 Å². The molecule has 0 aromatic heterocycles. The predicted molar refractivity (Wildman–Crippen MR) is 107 cm³/mol. The van der Waals surface area contributed by atoms with Crippen LogP contribution in [-0.2, 0) is 13.0 Å². The SMILES string of the molecule is Nc1c(Cl)cc(C(=O)NC2CCN(Cc3cccc(F)c3)CC2)c2c1CCO2. The molecule has 2 aromatic rings. The van der Waals surface area contributed by atoms with Gasteiger partial charge in [0.15, 0.2) is 0 Å². The normalized spacial score (nSPS) is 17.2. The number of carbonyl (C=O) groups is 1. The van der Waals surface area contributed by atoms with Crippen LogP contribution in [0.3, 0.4) is 0 Å². The summed E-state index contributed by atoms with van der Waals surface area (Å²) in [7, 11) is 0. The number of nitrogen functional groups attached to an aromatic ring is 1. The van der Waals surface area contributed by atoms with Crippen molar-refractivity contribution in [3.8, 4) is 5.75 Å². The summed E-state index contributed by atoms with van der Waals surface area (Å²) < 4.78 is 19.0. The Balaban J connectivity index is 1.36. The van der Waals surface area contributed by atoms with Gasteiger partial charge >= 0.3 is 0 Å². The maximum Gasteiger partial charge on any atom is 0.255 e. The van der Waals surface area contributed by atoms with E-state index in [4.69, 9.17) is 22.1 Å². The lowest BCUT2D eigenvalue weighted by molar-refractivity contribution is 0.0905. The number of nitrogens with zero attached hydrogens (tertiary/aromatic N) is 1. The number of rotatable bonds is 4. The molecule has 0 saturated carbocycles. The fourth-order valence-electron chi connectivity index (χ4n) is 3.93. The fraction of sp³-hybridized carbons (Fsp3) is 0.381. The minimum absolute atomic E-state index is 0.0876. The minimum Gasteiger partial charge on any atom is -0.492 e. The van der Waals surface area contributed by atoms with Gasteiger partial charge in [0.2, 0.25) is 0 Å². The van der Waals surface area contributed by atoms with Crippen LogP contribution in [0.2, 0.25) is 5.02 Å². The van der Waals surface area contributed by atoms with E-state index < -0.39 is 0 Å². The van der Waals surface area contributed by atoms with Gasteiger partial charge in [-0.2, -0.15) is 0 Å². The van der Waals surface area contributed by atoms with Crippen molar-refractivity contribution in [2.24, 2.45) is 0 Å². The molecule has 1 saturated heterocycles. The molecule has 2 aromatic carbocycles. The van der Waals surface area contributed by atoms with Crippen molar-refractivity contribution in [2.45, 2.75) is 31.8 Å². The van der Waals surface area contributed by atoms with E-state index in [1.54, 1.807) is 18.2 Å². The monoisotopic (exact) mass is 403 g/mol. The summed E-state index contributed by atoms with van der Waals surface area (Å²) in [5.41, 5.74) is 8.74. The number of benzene rings is 2. The first kappa shape index (κ1) is 19.0. The number of hydrogen-bond donors (Lipinski definition) is 2. The second-order valence-corrected chi connectivity index (χ2v) is 7.79. The number of ether oxygens (including phenoxy) is 1. The highest BCUT2D eigenvalue weighted by molar-refractivity contribution is 6.33. The lowest BCUT2D eigenvalue weighted by Crippen LogP contribution is -2.44.